The number of methoxy groups -OCH3 is 2. The summed E-state index contributed by atoms with van der Waals surface area (Å²) in [5.41, 5.74) is 2.07. The molecule has 0 N–H and O–H groups in total. The van der Waals surface area contributed by atoms with E-state index in [0.29, 0.717) is 22.7 Å². The summed E-state index contributed by atoms with van der Waals surface area (Å²) in [7, 11) is 3.05. The molecule has 1 amide bonds. The zero-order chi connectivity index (χ0) is 21.8. The van der Waals surface area contributed by atoms with E-state index in [4.69, 9.17) is 14.2 Å². The van der Waals surface area contributed by atoms with Crippen molar-refractivity contribution < 1.29 is 28.6 Å². The van der Waals surface area contributed by atoms with Gasteiger partial charge in [0.25, 0.3) is 0 Å². The van der Waals surface area contributed by atoms with Crippen LogP contribution in [0.4, 0.5) is 5.69 Å². The number of rotatable bonds is 7. The molecule has 158 valence electrons. The largest absolute Gasteiger partial charge is 0.497 e. The van der Waals surface area contributed by atoms with Gasteiger partial charge in [-0.25, -0.2) is 0 Å². The molecular weight excluding hydrogens is 386 g/mol. The number of aryl methyl sites for hydroxylation is 1. The molecule has 1 heterocycles. The third-order valence-electron chi connectivity index (χ3n) is 5.13. The van der Waals surface area contributed by atoms with Gasteiger partial charge in [0.15, 0.2) is 6.10 Å². The Bertz CT molecular complexity index is 953. The van der Waals surface area contributed by atoms with Gasteiger partial charge >= 0.3 is 5.97 Å². The van der Waals surface area contributed by atoms with E-state index in [1.54, 1.807) is 44.4 Å². The Hall–Kier alpha value is -3.35. The van der Waals surface area contributed by atoms with E-state index < -0.39 is 18.0 Å². The highest BCUT2D eigenvalue weighted by molar-refractivity contribution is 6.02. The maximum absolute atomic E-state index is 12.6. The molecule has 1 fully saturated rings. The van der Waals surface area contributed by atoms with Crippen molar-refractivity contribution in [2.24, 2.45) is 5.92 Å². The standard InChI is InChI=1S/C23H25NO6/c1-14-5-7-16(8-6-14)22(26)15(2)30-23(27)17-11-21(25)24(13-17)19-10-9-18(28-3)12-20(19)29-4/h5-10,12,15,17H,11,13H2,1-4H3/t15-,17-/m0/s1. The second-order valence-corrected chi connectivity index (χ2v) is 7.25. The van der Waals surface area contributed by atoms with Crippen LogP contribution in [0.2, 0.25) is 0 Å². The smallest absolute Gasteiger partial charge is 0.312 e. The average Bonchev–Trinajstić information content (AvgIpc) is 3.14. The minimum absolute atomic E-state index is 0.0134. The Morgan fingerprint density at radius 1 is 1.07 bits per heavy atom. The van der Waals surface area contributed by atoms with Gasteiger partial charge in [0.1, 0.15) is 11.5 Å². The minimum Gasteiger partial charge on any atom is -0.497 e. The van der Waals surface area contributed by atoms with Gasteiger partial charge in [0, 0.05) is 24.6 Å². The molecule has 7 nitrogen and oxygen atoms in total. The maximum atomic E-state index is 12.6. The number of Topliss-reactive ketones (excluding diaryl/α,β-unsaturated/α-hetero) is 1. The maximum Gasteiger partial charge on any atom is 0.312 e. The van der Waals surface area contributed by atoms with Crippen LogP contribution in [0.25, 0.3) is 0 Å². The van der Waals surface area contributed by atoms with Crippen molar-refractivity contribution in [1.29, 1.82) is 0 Å². The summed E-state index contributed by atoms with van der Waals surface area (Å²) in [6, 6.07) is 12.2. The van der Waals surface area contributed by atoms with Gasteiger partial charge in [-0.1, -0.05) is 29.8 Å². The zero-order valence-corrected chi connectivity index (χ0v) is 17.5. The molecule has 1 aliphatic heterocycles. The Labute approximate surface area is 175 Å². The summed E-state index contributed by atoms with van der Waals surface area (Å²) in [5, 5.41) is 0. The van der Waals surface area contributed by atoms with Crippen molar-refractivity contribution in [3.8, 4) is 11.5 Å². The highest BCUT2D eigenvalue weighted by Gasteiger charge is 2.38. The molecule has 3 rings (SSSR count). The number of esters is 1. The molecule has 0 unspecified atom stereocenters. The quantitative estimate of drug-likeness (QED) is 0.514. The van der Waals surface area contributed by atoms with Gasteiger partial charge in [0.2, 0.25) is 11.7 Å². The van der Waals surface area contributed by atoms with E-state index in [-0.39, 0.29) is 24.7 Å². The molecule has 0 spiro atoms. The summed E-state index contributed by atoms with van der Waals surface area (Å²) in [6.07, 6.45) is -0.917. The zero-order valence-electron chi connectivity index (χ0n) is 17.5. The lowest BCUT2D eigenvalue weighted by molar-refractivity contribution is -0.151. The molecule has 1 saturated heterocycles. The molecule has 0 aromatic heterocycles. The van der Waals surface area contributed by atoms with Crippen molar-refractivity contribution in [3.05, 3.63) is 53.6 Å². The predicted octanol–water partition coefficient (Wildman–Crippen LogP) is 3.18. The molecule has 7 heteroatoms. The molecule has 2 aromatic rings. The first-order chi connectivity index (χ1) is 14.3. The average molecular weight is 411 g/mol. The molecule has 2 atom stereocenters. The number of amides is 1. The number of carbonyl (C=O) groups is 3. The number of anilines is 1. The monoisotopic (exact) mass is 411 g/mol. The first-order valence-electron chi connectivity index (χ1n) is 9.67. The van der Waals surface area contributed by atoms with E-state index in [0.717, 1.165) is 5.56 Å². The number of hydrogen-bond acceptors (Lipinski definition) is 6. The molecule has 0 bridgehead atoms. The van der Waals surface area contributed by atoms with Gasteiger partial charge in [-0.15, -0.1) is 0 Å². The predicted molar refractivity (Wildman–Crippen MR) is 111 cm³/mol. The van der Waals surface area contributed by atoms with E-state index in [1.165, 1.54) is 12.0 Å². The van der Waals surface area contributed by atoms with Gasteiger partial charge in [-0.3, -0.25) is 14.4 Å². The van der Waals surface area contributed by atoms with Crippen LogP contribution in [-0.2, 0) is 14.3 Å². The second kappa shape index (κ2) is 8.98. The van der Waals surface area contributed by atoms with Crippen LogP contribution in [0.15, 0.2) is 42.5 Å². The van der Waals surface area contributed by atoms with Crippen molar-refractivity contribution >= 4 is 23.3 Å². The molecule has 0 aliphatic carbocycles. The van der Waals surface area contributed by atoms with Crippen molar-refractivity contribution in [2.75, 3.05) is 25.7 Å². The van der Waals surface area contributed by atoms with Gasteiger partial charge in [-0.05, 0) is 26.0 Å². The lowest BCUT2D eigenvalue weighted by Gasteiger charge is -2.20. The van der Waals surface area contributed by atoms with Crippen molar-refractivity contribution in [1.82, 2.24) is 0 Å². The van der Waals surface area contributed by atoms with Crippen LogP contribution in [0, 0.1) is 12.8 Å². The normalized spacial score (nSPS) is 16.9. The van der Waals surface area contributed by atoms with Gasteiger partial charge < -0.3 is 19.1 Å². The van der Waals surface area contributed by atoms with E-state index in [9.17, 15) is 14.4 Å². The molecule has 0 radical (unpaired) electrons. The number of hydrogen-bond donors (Lipinski definition) is 0. The Balaban J connectivity index is 1.68. The highest BCUT2D eigenvalue weighted by atomic mass is 16.5. The molecule has 1 aliphatic rings. The van der Waals surface area contributed by atoms with E-state index >= 15 is 0 Å². The fourth-order valence-electron chi connectivity index (χ4n) is 3.38. The highest BCUT2D eigenvalue weighted by Crippen LogP contribution is 2.36. The lowest BCUT2D eigenvalue weighted by Crippen LogP contribution is -2.30. The first-order valence-corrected chi connectivity index (χ1v) is 9.67. The third kappa shape index (κ3) is 4.45. The van der Waals surface area contributed by atoms with Crippen LogP contribution in [0.3, 0.4) is 0 Å². The van der Waals surface area contributed by atoms with Gasteiger partial charge in [0.05, 0.1) is 25.8 Å². The summed E-state index contributed by atoms with van der Waals surface area (Å²) >= 11 is 0. The topological polar surface area (TPSA) is 82.1 Å². The summed E-state index contributed by atoms with van der Waals surface area (Å²) in [4.78, 5) is 39.2. The van der Waals surface area contributed by atoms with Crippen LogP contribution < -0.4 is 14.4 Å². The SMILES string of the molecule is COc1ccc(N2C[C@@H](C(=O)O[C@@H](C)C(=O)c3ccc(C)cc3)CC2=O)c(OC)c1. The van der Waals surface area contributed by atoms with Crippen LogP contribution in [0.1, 0.15) is 29.3 Å². The fourth-order valence-corrected chi connectivity index (χ4v) is 3.38. The van der Waals surface area contributed by atoms with Crippen LogP contribution >= 0.6 is 0 Å². The van der Waals surface area contributed by atoms with E-state index in [1.807, 2.05) is 19.1 Å². The minimum atomic E-state index is -0.931. The van der Waals surface area contributed by atoms with Gasteiger partial charge in [-0.2, -0.15) is 0 Å². The molecule has 2 aromatic carbocycles. The summed E-state index contributed by atoms with van der Waals surface area (Å²) in [6.45, 7) is 3.63. The number of benzene rings is 2. The number of ether oxygens (including phenoxy) is 3. The number of ketones is 1. The Morgan fingerprint density at radius 2 is 1.77 bits per heavy atom. The third-order valence-corrected chi connectivity index (χ3v) is 5.13. The van der Waals surface area contributed by atoms with E-state index in [2.05, 4.69) is 0 Å². The van der Waals surface area contributed by atoms with Crippen LogP contribution in [-0.4, -0.2) is 44.5 Å². The van der Waals surface area contributed by atoms with Crippen molar-refractivity contribution in [2.45, 2.75) is 26.4 Å². The Kier molecular flexibility index (Phi) is 6.40. The fraction of sp³-hybridized carbons (Fsp3) is 0.348. The summed E-state index contributed by atoms with van der Waals surface area (Å²) in [5.74, 6) is -0.635. The molecule has 30 heavy (non-hydrogen) atoms. The summed E-state index contributed by atoms with van der Waals surface area (Å²) < 4.78 is 15.9. The number of carbonyl (C=O) groups excluding carboxylic acids is 3. The number of nitrogens with zero attached hydrogens (tertiary/aromatic N) is 1. The lowest BCUT2D eigenvalue weighted by atomic mass is 10.1. The first kappa shape index (κ1) is 21.4. The second-order valence-electron chi connectivity index (χ2n) is 7.25. The molecular formula is C23H25NO6. The Morgan fingerprint density at radius 3 is 2.40 bits per heavy atom. The van der Waals surface area contributed by atoms with Crippen molar-refractivity contribution in [3.63, 3.8) is 0 Å². The van der Waals surface area contributed by atoms with Crippen LogP contribution in [0.5, 0.6) is 11.5 Å². The molecule has 0 saturated carbocycles.